The van der Waals surface area contributed by atoms with Gasteiger partial charge in [0, 0.05) is 18.6 Å². The second-order valence-corrected chi connectivity index (χ2v) is 7.50. The molecule has 0 aliphatic carbocycles. The highest BCUT2D eigenvalue weighted by Crippen LogP contribution is 2.33. The number of halogens is 1. The van der Waals surface area contributed by atoms with E-state index in [1.54, 1.807) is 6.07 Å². The second-order valence-electron chi connectivity index (χ2n) is 5.61. The lowest BCUT2D eigenvalue weighted by atomic mass is 9.99. The predicted molar refractivity (Wildman–Crippen MR) is 86.3 cm³/mol. The highest BCUT2D eigenvalue weighted by molar-refractivity contribution is 7.77. The van der Waals surface area contributed by atoms with E-state index < -0.39 is 7.92 Å². The van der Waals surface area contributed by atoms with Crippen LogP contribution in [0.2, 0.25) is 0 Å². The molecule has 102 valence electrons. The number of benzene rings is 2. The molecule has 20 heavy (non-hydrogen) atoms. The van der Waals surface area contributed by atoms with Gasteiger partial charge in [0.05, 0.1) is 0 Å². The van der Waals surface area contributed by atoms with E-state index in [9.17, 15) is 4.39 Å². The van der Waals surface area contributed by atoms with Crippen LogP contribution in [-0.4, -0.2) is 0 Å². The first-order valence-corrected chi connectivity index (χ1v) is 7.94. The van der Waals surface area contributed by atoms with E-state index in [4.69, 9.17) is 0 Å². The molecule has 0 saturated carbocycles. The van der Waals surface area contributed by atoms with Crippen molar-refractivity contribution in [2.45, 2.75) is 20.8 Å². The lowest BCUT2D eigenvalue weighted by molar-refractivity contribution is 0.571. The van der Waals surface area contributed by atoms with Crippen LogP contribution in [0.5, 0.6) is 0 Å². The van der Waals surface area contributed by atoms with Crippen molar-refractivity contribution in [3.63, 3.8) is 0 Å². The van der Waals surface area contributed by atoms with Gasteiger partial charge in [0.25, 0.3) is 0 Å². The van der Waals surface area contributed by atoms with Gasteiger partial charge in [-0.05, 0) is 32.1 Å². The summed E-state index contributed by atoms with van der Waals surface area (Å²) in [5.41, 5.74) is 3.23. The molecule has 2 aromatic rings. The summed E-state index contributed by atoms with van der Waals surface area (Å²) in [6, 6.07) is 16.9. The van der Waals surface area contributed by atoms with Gasteiger partial charge in [0.1, 0.15) is 5.82 Å². The molecule has 2 rings (SSSR count). The van der Waals surface area contributed by atoms with E-state index in [1.165, 1.54) is 6.07 Å². The van der Waals surface area contributed by atoms with Crippen LogP contribution >= 0.6 is 7.92 Å². The lowest BCUT2D eigenvalue weighted by Gasteiger charge is -2.14. The number of rotatable bonds is 2. The summed E-state index contributed by atoms with van der Waals surface area (Å²) in [6.45, 7) is 6.21. The van der Waals surface area contributed by atoms with E-state index in [2.05, 4.69) is 32.4 Å². The molecule has 0 aliphatic heterocycles. The Morgan fingerprint density at radius 3 is 2.10 bits per heavy atom. The van der Waals surface area contributed by atoms with E-state index in [1.807, 2.05) is 42.5 Å². The molecular formula is C18H18FP. The molecule has 2 heteroatoms. The lowest BCUT2D eigenvalue weighted by Crippen LogP contribution is -2.14. The zero-order valence-corrected chi connectivity index (χ0v) is 12.9. The zero-order valence-electron chi connectivity index (χ0n) is 12.0. The van der Waals surface area contributed by atoms with Gasteiger partial charge in [0.2, 0.25) is 0 Å². The normalized spacial score (nSPS) is 12.4. The first kappa shape index (κ1) is 14.8. The minimum absolute atomic E-state index is 0.0827. The molecule has 0 heterocycles. The predicted octanol–water partition coefficient (Wildman–Crippen LogP) is 4.27. The van der Waals surface area contributed by atoms with Crippen molar-refractivity contribution in [3.8, 4) is 11.6 Å². The molecule has 0 aromatic heterocycles. The third kappa shape index (κ3) is 3.92. The van der Waals surface area contributed by atoms with Crippen LogP contribution in [-0.2, 0) is 0 Å². The molecule has 0 N–H and O–H groups in total. The Balaban J connectivity index is 2.50. The van der Waals surface area contributed by atoms with Crippen molar-refractivity contribution in [1.29, 1.82) is 0 Å². The van der Waals surface area contributed by atoms with E-state index in [-0.39, 0.29) is 11.2 Å². The molecule has 0 amide bonds. The Hall–Kier alpha value is -1.64. The summed E-state index contributed by atoms with van der Waals surface area (Å²) in [4.78, 5) is 0. The topological polar surface area (TPSA) is 0 Å². The highest BCUT2D eigenvalue weighted by atomic mass is 31.1. The van der Waals surface area contributed by atoms with Crippen LogP contribution in [0.3, 0.4) is 0 Å². The van der Waals surface area contributed by atoms with Crippen molar-refractivity contribution in [1.82, 2.24) is 0 Å². The van der Waals surface area contributed by atoms with Crippen LogP contribution in [0.4, 0.5) is 4.39 Å². The molecule has 1 atom stereocenters. The Kier molecular flexibility index (Phi) is 4.58. The molecule has 0 spiro atoms. The van der Waals surface area contributed by atoms with Gasteiger partial charge >= 0.3 is 0 Å². The Morgan fingerprint density at radius 2 is 1.50 bits per heavy atom. The first-order chi connectivity index (χ1) is 9.47. The summed E-state index contributed by atoms with van der Waals surface area (Å²) >= 11 is 0. The van der Waals surface area contributed by atoms with Crippen molar-refractivity contribution < 1.29 is 4.39 Å². The van der Waals surface area contributed by atoms with E-state index >= 15 is 0 Å². The Labute approximate surface area is 121 Å². The minimum Gasteiger partial charge on any atom is -0.206 e. The largest absolute Gasteiger partial charge is 0.206 e. The molecule has 0 bridgehead atoms. The summed E-state index contributed by atoms with van der Waals surface area (Å²) in [5.74, 6) is 3.08. The van der Waals surface area contributed by atoms with E-state index in [0.717, 1.165) is 5.30 Å². The van der Waals surface area contributed by atoms with Crippen molar-refractivity contribution in [3.05, 3.63) is 60.4 Å². The highest BCUT2D eigenvalue weighted by Gasteiger charge is 2.16. The summed E-state index contributed by atoms with van der Waals surface area (Å²) in [6.07, 6.45) is 0. The Bertz CT molecular complexity index is 630. The Morgan fingerprint density at radius 1 is 0.900 bits per heavy atom. The summed E-state index contributed by atoms with van der Waals surface area (Å²) in [5, 5.41) is 1.79. The van der Waals surface area contributed by atoms with Crippen molar-refractivity contribution in [2.24, 2.45) is 5.41 Å². The fourth-order valence-corrected chi connectivity index (χ4v) is 3.67. The van der Waals surface area contributed by atoms with Gasteiger partial charge in [-0.15, -0.1) is 0 Å². The van der Waals surface area contributed by atoms with Crippen LogP contribution in [0.15, 0.2) is 54.6 Å². The second kappa shape index (κ2) is 6.21. The molecule has 0 fully saturated rings. The third-order valence-corrected chi connectivity index (χ3v) is 4.64. The monoisotopic (exact) mass is 284 g/mol. The maximum absolute atomic E-state index is 14.1. The molecule has 0 nitrogen and oxygen atoms in total. The van der Waals surface area contributed by atoms with Crippen molar-refractivity contribution >= 4 is 18.5 Å². The van der Waals surface area contributed by atoms with Gasteiger partial charge in [-0.1, -0.05) is 60.1 Å². The molecule has 2 aromatic carbocycles. The quantitative estimate of drug-likeness (QED) is 0.571. The fraction of sp³-hybridized carbons (Fsp3) is 0.222. The SMILES string of the molecule is CC(C)(C)C#CP(c1ccccc1)c1ccccc1F. The van der Waals surface area contributed by atoms with Crippen molar-refractivity contribution in [2.75, 3.05) is 0 Å². The maximum Gasteiger partial charge on any atom is 0.132 e. The standard InChI is InChI=1S/C18H18FP/c1-18(2,3)13-14-20(15-9-5-4-6-10-15)17-12-8-7-11-16(17)19/h4-12H,1-3H3. The molecule has 0 radical (unpaired) electrons. The molecular weight excluding hydrogens is 266 g/mol. The average molecular weight is 284 g/mol. The molecule has 0 saturated heterocycles. The average Bonchev–Trinajstić information content (AvgIpc) is 2.41. The van der Waals surface area contributed by atoms with E-state index in [0.29, 0.717) is 5.30 Å². The number of hydrogen-bond donors (Lipinski definition) is 0. The molecule has 0 aliphatic rings. The van der Waals surface area contributed by atoms with Crippen LogP contribution in [0.25, 0.3) is 0 Å². The van der Waals surface area contributed by atoms with Gasteiger partial charge in [-0.2, -0.15) is 0 Å². The van der Waals surface area contributed by atoms with Gasteiger partial charge in [-0.3, -0.25) is 0 Å². The minimum atomic E-state index is -0.972. The van der Waals surface area contributed by atoms with Crippen LogP contribution in [0.1, 0.15) is 20.8 Å². The van der Waals surface area contributed by atoms with Gasteiger partial charge < -0.3 is 0 Å². The third-order valence-electron chi connectivity index (χ3n) is 2.65. The maximum atomic E-state index is 14.1. The van der Waals surface area contributed by atoms with Gasteiger partial charge in [0.15, 0.2) is 0 Å². The smallest absolute Gasteiger partial charge is 0.132 e. The molecule has 1 unspecified atom stereocenters. The zero-order chi connectivity index (χ0) is 14.6. The van der Waals surface area contributed by atoms with Crippen LogP contribution < -0.4 is 10.6 Å². The summed E-state index contributed by atoms with van der Waals surface area (Å²) in [7, 11) is -0.972. The summed E-state index contributed by atoms with van der Waals surface area (Å²) < 4.78 is 14.1. The van der Waals surface area contributed by atoms with Crippen LogP contribution in [0, 0.1) is 22.8 Å². The first-order valence-electron chi connectivity index (χ1n) is 6.60. The van der Waals surface area contributed by atoms with Gasteiger partial charge in [-0.25, -0.2) is 4.39 Å². The number of hydrogen-bond acceptors (Lipinski definition) is 0. The fourth-order valence-electron chi connectivity index (χ4n) is 1.70.